The molecule has 0 saturated carbocycles. The summed E-state index contributed by atoms with van der Waals surface area (Å²) in [4.78, 5) is 25.4. The Hall–Kier alpha value is -2.17. The molecule has 0 aliphatic carbocycles. The van der Waals surface area contributed by atoms with Crippen molar-refractivity contribution in [2.45, 2.75) is 39.7 Å². The van der Waals surface area contributed by atoms with Crippen LogP contribution < -0.4 is 5.43 Å². The first kappa shape index (κ1) is 15.2. The summed E-state index contributed by atoms with van der Waals surface area (Å²) in [7, 11) is 0. The van der Waals surface area contributed by atoms with Crippen molar-refractivity contribution in [2.75, 3.05) is 6.54 Å². The van der Waals surface area contributed by atoms with E-state index in [1.54, 1.807) is 4.90 Å². The first-order valence-corrected chi connectivity index (χ1v) is 7.30. The van der Waals surface area contributed by atoms with E-state index in [1.165, 1.54) is 5.56 Å². The van der Waals surface area contributed by atoms with Crippen LogP contribution in [0.2, 0.25) is 0 Å². The Bertz CT molecular complexity index is 549. The van der Waals surface area contributed by atoms with Crippen LogP contribution in [0.4, 0.5) is 0 Å². The van der Waals surface area contributed by atoms with Gasteiger partial charge in [-0.25, -0.2) is 5.43 Å². The molecule has 0 radical (unpaired) electrons. The molecule has 1 N–H and O–H groups in total. The van der Waals surface area contributed by atoms with Gasteiger partial charge in [-0.3, -0.25) is 9.59 Å². The van der Waals surface area contributed by atoms with E-state index < -0.39 is 0 Å². The number of hydrogen-bond acceptors (Lipinski definition) is 3. The summed E-state index contributed by atoms with van der Waals surface area (Å²) >= 11 is 0. The van der Waals surface area contributed by atoms with Gasteiger partial charge in [0.2, 0.25) is 5.91 Å². The van der Waals surface area contributed by atoms with Gasteiger partial charge in [0.25, 0.3) is 5.91 Å². The minimum atomic E-state index is -0.132. The zero-order chi connectivity index (χ0) is 15.2. The highest BCUT2D eigenvalue weighted by molar-refractivity contribution is 6.39. The maximum Gasteiger partial charge on any atom is 0.270 e. The summed E-state index contributed by atoms with van der Waals surface area (Å²) < 4.78 is 0. The SMILES string of the molecule is CCCN(Cc1ccc(C)cc1)C(=O)C1=NNC(=O)CC1. The van der Waals surface area contributed by atoms with Gasteiger partial charge in [-0.1, -0.05) is 36.8 Å². The highest BCUT2D eigenvalue weighted by atomic mass is 16.2. The van der Waals surface area contributed by atoms with Crippen LogP contribution in [0.5, 0.6) is 0 Å². The molecular formula is C16H21N3O2. The molecule has 1 aliphatic rings. The summed E-state index contributed by atoms with van der Waals surface area (Å²) in [5, 5.41) is 3.90. The molecule has 0 aromatic heterocycles. The van der Waals surface area contributed by atoms with Crippen LogP contribution in [0, 0.1) is 6.92 Å². The third-order valence-electron chi connectivity index (χ3n) is 3.43. The van der Waals surface area contributed by atoms with Gasteiger partial charge < -0.3 is 4.90 Å². The van der Waals surface area contributed by atoms with Gasteiger partial charge in [0.15, 0.2) is 0 Å². The van der Waals surface area contributed by atoms with Crippen LogP contribution in [0.1, 0.15) is 37.3 Å². The van der Waals surface area contributed by atoms with Gasteiger partial charge in [0.05, 0.1) is 0 Å². The lowest BCUT2D eigenvalue weighted by Gasteiger charge is -2.24. The maximum absolute atomic E-state index is 12.5. The van der Waals surface area contributed by atoms with E-state index in [4.69, 9.17) is 0 Å². The Balaban J connectivity index is 2.09. The molecule has 2 rings (SSSR count). The van der Waals surface area contributed by atoms with Gasteiger partial charge in [-0.15, -0.1) is 0 Å². The second-order valence-corrected chi connectivity index (χ2v) is 5.31. The number of carbonyl (C=O) groups excluding carboxylic acids is 2. The predicted octanol–water partition coefficient (Wildman–Crippen LogP) is 2.00. The van der Waals surface area contributed by atoms with Crippen LogP contribution in [-0.2, 0) is 16.1 Å². The van der Waals surface area contributed by atoms with E-state index in [0.717, 1.165) is 12.0 Å². The molecule has 1 heterocycles. The minimum Gasteiger partial charge on any atom is -0.333 e. The Morgan fingerprint density at radius 3 is 2.57 bits per heavy atom. The van der Waals surface area contributed by atoms with E-state index in [-0.39, 0.29) is 11.8 Å². The molecule has 0 atom stereocenters. The Morgan fingerprint density at radius 2 is 2.00 bits per heavy atom. The zero-order valence-corrected chi connectivity index (χ0v) is 12.6. The average Bonchev–Trinajstić information content (AvgIpc) is 2.49. The number of carbonyl (C=O) groups is 2. The number of benzene rings is 1. The van der Waals surface area contributed by atoms with Crippen molar-refractivity contribution < 1.29 is 9.59 Å². The molecule has 112 valence electrons. The summed E-state index contributed by atoms with van der Waals surface area (Å²) in [5.41, 5.74) is 5.12. The van der Waals surface area contributed by atoms with Crippen LogP contribution in [-0.4, -0.2) is 29.0 Å². The van der Waals surface area contributed by atoms with Crippen molar-refractivity contribution in [3.8, 4) is 0 Å². The van der Waals surface area contributed by atoms with Crippen molar-refractivity contribution in [2.24, 2.45) is 5.10 Å². The Morgan fingerprint density at radius 1 is 1.29 bits per heavy atom. The third-order valence-corrected chi connectivity index (χ3v) is 3.43. The molecule has 0 saturated heterocycles. The second-order valence-electron chi connectivity index (χ2n) is 5.31. The highest BCUT2D eigenvalue weighted by Crippen LogP contribution is 2.10. The molecule has 2 amide bonds. The number of nitrogens with one attached hydrogen (secondary N) is 1. The summed E-state index contributed by atoms with van der Waals surface area (Å²) in [6.07, 6.45) is 1.63. The molecule has 1 aliphatic heterocycles. The lowest BCUT2D eigenvalue weighted by Crippen LogP contribution is -2.40. The standard InChI is InChI=1S/C16H21N3O2/c1-3-10-19(11-13-6-4-12(2)5-7-13)16(21)14-8-9-15(20)18-17-14/h4-7H,3,8-11H2,1-2H3,(H,18,20). The van der Waals surface area contributed by atoms with Crippen LogP contribution in [0.25, 0.3) is 0 Å². The first-order chi connectivity index (χ1) is 10.1. The van der Waals surface area contributed by atoms with E-state index in [1.807, 2.05) is 38.1 Å². The number of aryl methyl sites for hydroxylation is 1. The van der Waals surface area contributed by atoms with Crippen molar-refractivity contribution >= 4 is 17.5 Å². The second kappa shape index (κ2) is 7.02. The van der Waals surface area contributed by atoms with E-state index >= 15 is 0 Å². The zero-order valence-electron chi connectivity index (χ0n) is 12.6. The Labute approximate surface area is 125 Å². The van der Waals surface area contributed by atoms with E-state index in [9.17, 15) is 9.59 Å². The van der Waals surface area contributed by atoms with Gasteiger partial charge in [-0.05, 0) is 18.9 Å². The molecule has 0 fully saturated rings. The van der Waals surface area contributed by atoms with E-state index in [0.29, 0.717) is 31.6 Å². The molecule has 0 bridgehead atoms. The summed E-state index contributed by atoms with van der Waals surface area (Å²) in [6, 6.07) is 8.16. The number of amides is 2. The van der Waals surface area contributed by atoms with Gasteiger partial charge in [0.1, 0.15) is 5.71 Å². The van der Waals surface area contributed by atoms with Gasteiger partial charge in [0, 0.05) is 25.9 Å². The van der Waals surface area contributed by atoms with Gasteiger partial charge >= 0.3 is 0 Å². The van der Waals surface area contributed by atoms with E-state index in [2.05, 4.69) is 10.5 Å². The smallest absolute Gasteiger partial charge is 0.270 e. The third kappa shape index (κ3) is 4.15. The van der Waals surface area contributed by atoms with Crippen LogP contribution in [0.3, 0.4) is 0 Å². The number of rotatable bonds is 5. The molecule has 21 heavy (non-hydrogen) atoms. The molecule has 0 unspecified atom stereocenters. The molecule has 1 aromatic carbocycles. The molecule has 5 heteroatoms. The number of nitrogens with zero attached hydrogens (tertiary/aromatic N) is 2. The number of hydrazone groups is 1. The predicted molar refractivity (Wildman–Crippen MR) is 81.7 cm³/mol. The number of hydrogen-bond donors (Lipinski definition) is 1. The molecular weight excluding hydrogens is 266 g/mol. The lowest BCUT2D eigenvalue weighted by molar-refractivity contribution is -0.125. The maximum atomic E-state index is 12.5. The van der Waals surface area contributed by atoms with Gasteiger partial charge in [-0.2, -0.15) is 5.10 Å². The fraction of sp³-hybridized carbons (Fsp3) is 0.438. The first-order valence-electron chi connectivity index (χ1n) is 7.30. The molecule has 1 aromatic rings. The van der Waals surface area contributed by atoms with Crippen LogP contribution >= 0.6 is 0 Å². The molecule has 5 nitrogen and oxygen atoms in total. The average molecular weight is 287 g/mol. The topological polar surface area (TPSA) is 61.8 Å². The van der Waals surface area contributed by atoms with Crippen molar-refractivity contribution in [3.63, 3.8) is 0 Å². The fourth-order valence-electron chi connectivity index (χ4n) is 2.25. The normalized spacial score (nSPS) is 14.4. The monoisotopic (exact) mass is 287 g/mol. The summed E-state index contributed by atoms with van der Waals surface area (Å²) in [6.45, 7) is 5.33. The fourth-order valence-corrected chi connectivity index (χ4v) is 2.25. The summed E-state index contributed by atoms with van der Waals surface area (Å²) in [5.74, 6) is -0.218. The molecule has 0 spiro atoms. The van der Waals surface area contributed by atoms with Crippen molar-refractivity contribution in [1.82, 2.24) is 10.3 Å². The Kier molecular flexibility index (Phi) is 5.09. The quantitative estimate of drug-likeness (QED) is 0.900. The van der Waals surface area contributed by atoms with Crippen molar-refractivity contribution in [3.05, 3.63) is 35.4 Å². The lowest BCUT2D eigenvalue weighted by atomic mass is 10.1. The van der Waals surface area contributed by atoms with Crippen molar-refractivity contribution in [1.29, 1.82) is 0 Å². The minimum absolute atomic E-state index is 0.0857. The highest BCUT2D eigenvalue weighted by Gasteiger charge is 2.23. The largest absolute Gasteiger partial charge is 0.333 e. The van der Waals surface area contributed by atoms with Crippen LogP contribution in [0.15, 0.2) is 29.4 Å².